The Morgan fingerprint density at radius 2 is 2.17 bits per heavy atom. The molecule has 1 heterocycles. The van der Waals surface area contributed by atoms with Gasteiger partial charge in [-0.2, -0.15) is 0 Å². The van der Waals surface area contributed by atoms with Crippen LogP contribution in [0.1, 0.15) is 12.5 Å². The molecule has 0 bridgehead atoms. The normalized spacial score (nSPS) is 16.8. The van der Waals surface area contributed by atoms with E-state index < -0.39 is 0 Å². The minimum absolute atomic E-state index is 0.0209. The maximum Gasteiger partial charge on any atom is 0.224 e. The average Bonchev–Trinajstić information content (AvgIpc) is 2.35. The third-order valence-corrected chi connectivity index (χ3v) is 3.16. The summed E-state index contributed by atoms with van der Waals surface area (Å²) >= 11 is 0. The predicted molar refractivity (Wildman–Crippen MR) is 68.6 cm³/mol. The van der Waals surface area contributed by atoms with Crippen LogP contribution in [-0.2, 0) is 16.0 Å². The second-order valence-corrected chi connectivity index (χ2v) is 5.07. The highest BCUT2D eigenvalue weighted by molar-refractivity contribution is 5.79. The number of carbonyl (C=O) groups is 1. The van der Waals surface area contributed by atoms with Crippen molar-refractivity contribution in [1.29, 1.82) is 0 Å². The van der Waals surface area contributed by atoms with E-state index in [1.807, 2.05) is 24.3 Å². The Morgan fingerprint density at radius 1 is 1.44 bits per heavy atom. The van der Waals surface area contributed by atoms with Crippen LogP contribution in [0.15, 0.2) is 24.3 Å². The average molecular weight is 249 g/mol. The Morgan fingerprint density at radius 3 is 2.78 bits per heavy atom. The molecule has 0 spiro atoms. The lowest BCUT2D eigenvalue weighted by atomic mass is 9.89. The molecular formula is C14H19NO3. The summed E-state index contributed by atoms with van der Waals surface area (Å²) < 4.78 is 10.4. The molecule has 2 rings (SSSR count). The molecule has 1 aromatic carbocycles. The van der Waals surface area contributed by atoms with Gasteiger partial charge in [0.15, 0.2) is 0 Å². The largest absolute Gasteiger partial charge is 0.496 e. The second-order valence-electron chi connectivity index (χ2n) is 5.07. The number of benzene rings is 1. The smallest absolute Gasteiger partial charge is 0.224 e. The van der Waals surface area contributed by atoms with Crippen molar-refractivity contribution in [3.8, 4) is 5.75 Å². The first kappa shape index (κ1) is 12.9. The van der Waals surface area contributed by atoms with Crippen LogP contribution in [0.25, 0.3) is 0 Å². The summed E-state index contributed by atoms with van der Waals surface area (Å²) in [6.07, 6.45) is 0.348. The summed E-state index contributed by atoms with van der Waals surface area (Å²) in [5, 5.41) is 2.95. The summed E-state index contributed by atoms with van der Waals surface area (Å²) in [5.41, 5.74) is 1.02. The minimum atomic E-state index is 0.0209. The van der Waals surface area contributed by atoms with Crippen molar-refractivity contribution in [1.82, 2.24) is 5.32 Å². The Labute approximate surface area is 107 Å². The fourth-order valence-corrected chi connectivity index (χ4v) is 1.95. The molecule has 18 heavy (non-hydrogen) atoms. The van der Waals surface area contributed by atoms with Crippen molar-refractivity contribution in [2.24, 2.45) is 5.41 Å². The van der Waals surface area contributed by atoms with Gasteiger partial charge < -0.3 is 14.8 Å². The van der Waals surface area contributed by atoms with Gasteiger partial charge in [0.05, 0.1) is 26.7 Å². The highest BCUT2D eigenvalue weighted by Crippen LogP contribution is 2.25. The molecule has 0 aromatic heterocycles. The Bertz CT molecular complexity index is 427. The lowest BCUT2D eigenvalue weighted by molar-refractivity contribution is -0.126. The summed E-state index contributed by atoms with van der Waals surface area (Å²) in [6.45, 7) is 4.23. The zero-order valence-corrected chi connectivity index (χ0v) is 10.9. The highest BCUT2D eigenvalue weighted by Gasteiger charge is 2.33. The number of methoxy groups -OCH3 is 1. The maximum atomic E-state index is 11.9. The van der Waals surface area contributed by atoms with Gasteiger partial charge in [-0.05, 0) is 6.07 Å². The first-order valence-corrected chi connectivity index (χ1v) is 6.09. The van der Waals surface area contributed by atoms with Gasteiger partial charge in [-0.15, -0.1) is 0 Å². The van der Waals surface area contributed by atoms with E-state index in [4.69, 9.17) is 9.47 Å². The fourth-order valence-electron chi connectivity index (χ4n) is 1.95. The number of amides is 1. The predicted octanol–water partition coefficient (Wildman–Crippen LogP) is 1.39. The van der Waals surface area contributed by atoms with Crippen LogP contribution in [0.2, 0.25) is 0 Å². The van der Waals surface area contributed by atoms with E-state index in [1.54, 1.807) is 7.11 Å². The van der Waals surface area contributed by atoms with Crippen LogP contribution < -0.4 is 10.1 Å². The molecule has 98 valence electrons. The first-order chi connectivity index (χ1) is 8.63. The molecule has 4 nitrogen and oxygen atoms in total. The first-order valence-electron chi connectivity index (χ1n) is 6.09. The zero-order chi connectivity index (χ0) is 13.0. The molecule has 1 N–H and O–H groups in total. The molecule has 0 radical (unpaired) electrons. The summed E-state index contributed by atoms with van der Waals surface area (Å²) in [4.78, 5) is 11.9. The van der Waals surface area contributed by atoms with Crippen molar-refractivity contribution in [3.63, 3.8) is 0 Å². The van der Waals surface area contributed by atoms with E-state index >= 15 is 0 Å². The monoisotopic (exact) mass is 249 g/mol. The van der Waals surface area contributed by atoms with Gasteiger partial charge in [0.25, 0.3) is 0 Å². The van der Waals surface area contributed by atoms with Gasteiger partial charge in [-0.1, -0.05) is 25.1 Å². The van der Waals surface area contributed by atoms with E-state index in [1.165, 1.54) is 0 Å². The quantitative estimate of drug-likeness (QED) is 0.858. The summed E-state index contributed by atoms with van der Waals surface area (Å²) in [5.74, 6) is 0.776. The molecule has 0 unspecified atom stereocenters. The van der Waals surface area contributed by atoms with Crippen LogP contribution in [-0.4, -0.2) is 32.8 Å². The van der Waals surface area contributed by atoms with Crippen molar-refractivity contribution < 1.29 is 14.3 Å². The number of rotatable bonds is 5. The number of ether oxygens (including phenoxy) is 2. The Kier molecular flexibility index (Phi) is 3.87. The molecule has 4 heteroatoms. The summed E-state index contributed by atoms with van der Waals surface area (Å²) in [6, 6.07) is 7.58. The fraction of sp³-hybridized carbons (Fsp3) is 0.500. The molecule has 1 aromatic rings. The highest BCUT2D eigenvalue weighted by atomic mass is 16.5. The van der Waals surface area contributed by atoms with Crippen molar-refractivity contribution >= 4 is 5.91 Å². The molecule has 0 aliphatic carbocycles. The number of nitrogens with one attached hydrogen (secondary N) is 1. The van der Waals surface area contributed by atoms with Crippen LogP contribution in [0, 0.1) is 5.41 Å². The SMILES string of the molecule is COc1ccccc1CC(=O)NCC1(C)COC1. The second kappa shape index (κ2) is 5.40. The van der Waals surface area contributed by atoms with Crippen LogP contribution >= 0.6 is 0 Å². The van der Waals surface area contributed by atoms with E-state index in [2.05, 4.69) is 12.2 Å². The standard InChI is InChI=1S/C14H19NO3/c1-14(9-18-10-14)8-15-13(16)7-11-5-3-4-6-12(11)17-2/h3-6H,7-10H2,1-2H3,(H,15,16). The molecule has 1 saturated heterocycles. The van der Waals surface area contributed by atoms with Gasteiger partial charge in [0, 0.05) is 17.5 Å². The lowest BCUT2D eigenvalue weighted by Gasteiger charge is -2.38. The van der Waals surface area contributed by atoms with E-state index in [0.29, 0.717) is 13.0 Å². The van der Waals surface area contributed by atoms with E-state index in [-0.39, 0.29) is 11.3 Å². The number of para-hydroxylation sites is 1. The third-order valence-electron chi connectivity index (χ3n) is 3.16. The minimum Gasteiger partial charge on any atom is -0.496 e. The van der Waals surface area contributed by atoms with Gasteiger partial charge >= 0.3 is 0 Å². The third kappa shape index (κ3) is 3.01. The maximum absolute atomic E-state index is 11.9. The van der Waals surface area contributed by atoms with Crippen molar-refractivity contribution in [2.45, 2.75) is 13.3 Å². The molecule has 1 aliphatic heterocycles. The number of carbonyl (C=O) groups excluding carboxylic acids is 1. The molecular weight excluding hydrogens is 230 g/mol. The van der Waals surface area contributed by atoms with E-state index in [9.17, 15) is 4.79 Å². The summed E-state index contributed by atoms with van der Waals surface area (Å²) in [7, 11) is 1.61. The van der Waals surface area contributed by atoms with Crippen molar-refractivity contribution in [3.05, 3.63) is 29.8 Å². The molecule has 1 amide bonds. The Balaban J connectivity index is 1.86. The molecule has 1 fully saturated rings. The van der Waals surface area contributed by atoms with Gasteiger partial charge in [0.1, 0.15) is 5.75 Å². The lowest BCUT2D eigenvalue weighted by Crippen LogP contribution is -2.48. The van der Waals surface area contributed by atoms with Crippen molar-refractivity contribution in [2.75, 3.05) is 26.9 Å². The number of hydrogen-bond donors (Lipinski definition) is 1. The van der Waals surface area contributed by atoms with Gasteiger partial charge in [-0.3, -0.25) is 4.79 Å². The van der Waals surface area contributed by atoms with Crippen LogP contribution in [0.4, 0.5) is 0 Å². The van der Waals surface area contributed by atoms with Gasteiger partial charge in [0.2, 0.25) is 5.91 Å². The Hall–Kier alpha value is -1.55. The molecule has 0 atom stereocenters. The molecule has 0 saturated carbocycles. The van der Waals surface area contributed by atoms with Crippen LogP contribution in [0.3, 0.4) is 0 Å². The zero-order valence-electron chi connectivity index (χ0n) is 10.9. The molecule has 1 aliphatic rings. The van der Waals surface area contributed by atoms with E-state index in [0.717, 1.165) is 24.5 Å². The van der Waals surface area contributed by atoms with Gasteiger partial charge in [-0.25, -0.2) is 0 Å². The topological polar surface area (TPSA) is 47.6 Å². The number of hydrogen-bond acceptors (Lipinski definition) is 3. The van der Waals surface area contributed by atoms with Crippen LogP contribution in [0.5, 0.6) is 5.75 Å².